The van der Waals surface area contributed by atoms with Crippen molar-refractivity contribution in [2.75, 3.05) is 7.11 Å². The van der Waals surface area contributed by atoms with Crippen molar-refractivity contribution in [2.45, 2.75) is 6.18 Å². The molecule has 0 radical (unpaired) electrons. The third kappa shape index (κ3) is 3.35. The zero-order valence-electron chi connectivity index (χ0n) is 7.54. The molecule has 0 saturated carbocycles. The lowest BCUT2D eigenvalue weighted by Crippen LogP contribution is -2.04. The molecule has 0 saturated heterocycles. The van der Waals surface area contributed by atoms with Crippen LogP contribution >= 0.6 is 11.3 Å². The molecule has 0 aliphatic carbocycles. The number of esters is 1. The first-order chi connectivity index (χ1) is 6.93. The molecule has 3 nitrogen and oxygen atoms in total. The van der Waals surface area contributed by atoms with Crippen LogP contribution in [0.1, 0.15) is 10.7 Å². The van der Waals surface area contributed by atoms with Crippen LogP contribution in [0.25, 0.3) is 6.08 Å². The van der Waals surface area contributed by atoms with Gasteiger partial charge in [-0.25, -0.2) is 9.78 Å². The van der Waals surface area contributed by atoms with Crippen molar-refractivity contribution in [3.8, 4) is 0 Å². The Bertz CT molecular complexity index is 383. The lowest BCUT2D eigenvalue weighted by atomic mass is 10.4. The van der Waals surface area contributed by atoms with Crippen LogP contribution in [-0.4, -0.2) is 18.1 Å². The van der Waals surface area contributed by atoms with Crippen LogP contribution in [0.15, 0.2) is 11.5 Å². The van der Waals surface area contributed by atoms with Crippen LogP contribution in [0.2, 0.25) is 0 Å². The number of alkyl halides is 3. The first kappa shape index (κ1) is 11.7. The maximum atomic E-state index is 12.1. The molecule has 0 aromatic carbocycles. The van der Waals surface area contributed by atoms with E-state index in [9.17, 15) is 18.0 Å². The zero-order valence-corrected chi connectivity index (χ0v) is 8.35. The van der Waals surface area contributed by atoms with Gasteiger partial charge in [0.25, 0.3) is 0 Å². The van der Waals surface area contributed by atoms with Crippen molar-refractivity contribution in [3.05, 3.63) is 22.2 Å². The predicted molar refractivity (Wildman–Crippen MR) is 48.2 cm³/mol. The monoisotopic (exact) mass is 237 g/mol. The lowest BCUT2D eigenvalue weighted by Gasteiger charge is -1.99. The molecule has 0 aliphatic rings. The molecule has 0 unspecified atom stereocenters. The Morgan fingerprint density at radius 1 is 1.60 bits per heavy atom. The minimum Gasteiger partial charge on any atom is -0.466 e. The summed E-state index contributed by atoms with van der Waals surface area (Å²) in [6.07, 6.45) is -2.27. The first-order valence-corrected chi connectivity index (χ1v) is 4.60. The molecular weight excluding hydrogens is 231 g/mol. The van der Waals surface area contributed by atoms with Crippen molar-refractivity contribution >= 4 is 23.4 Å². The van der Waals surface area contributed by atoms with E-state index in [2.05, 4.69) is 9.72 Å². The number of halogens is 3. The van der Waals surface area contributed by atoms with Gasteiger partial charge in [0.1, 0.15) is 5.01 Å². The Morgan fingerprint density at radius 2 is 2.27 bits per heavy atom. The van der Waals surface area contributed by atoms with Crippen LogP contribution in [0.3, 0.4) is 0 Å². The van der Waals surface area contributed by atoms with Gasteiger partial charge in [-0.2, -0.15) is 13.2 Å². The summed E-state index contributed by atoms with van der Waals surface area (Å²) in [5.74, 6) is -0.640. The molecule has 0 fully saturated rings. The van der Waals surface area contributed by atoms with E-state index in [0.29, 0.717) is 0 Å². The van der Waals surface area contributed by atoms with E-state index in [1.807, 2.05) is 0 Å². The smallest absolute Gasteiger partial charge is 0.434 e. The number of hydrogen-bond acceptors (Lipinski definition) is 4. The number of thiazole rings is 1. The summed E-state index contributed by atoms with van der Waals surface area (Å²) in [6.45, 7) is 0. The van der Waals surface area contributed by atoms with Crippen molar-refractivity contribution in [1.29, 1.82) is 0 Å². The SMILES string of the molecule is COC(=O)C=Cc1nc(C(F)(F)F)cs1. The number of aromatic nitrogens is 1. The summed E-state index contributed by atoms with van der Waals surface area (Å²) < 4.78 is 40.6. The molecule has 0 atom stereocenters. The molecule has 0 aliphatic heterocycles. The first-order valence-electron chi connectivity index (χ1n) is 3.72. The third-order valence-electron chi connectivity index (χ3n) is 1.38. The summed E-state index contributed by atoms with van der Waals surface area (Å²) in [6, 6.07) is 0. The molecule has 0 bridgehead atoms. The fourth-order valence-electron chi connectivity index (χ4n) is 0.702. The minimum atomic E-state index is -4.45. The molecule has 1 aromatic rings. The van der Waals surface area contributed by atoms with E-state index < -0.39 is 17.8 Å². The van der Waals surface area contributed by atoms with Gasteiger partial charge < -0.3 is 4.74 Å². The molecule has 0 amide bonds. The quantitative estimate of drug-likeness (QED) is 0.585. The summed E-state index contributed by atoms with van der Waals surface area (Å²) in [5, 5.41) is 0.990. The molecule has 7 heteroatoms. The second-order valence-corrected chi connectivity index (χ2v) is 3.31. The molecule has 82 valence electrons. The fraction of sp³-hybridized carbons (Fsp3) is 0.250. The summed E-state index contributed by atoms with van der Waals surface area (Å²) >= 11 is 0.803. The van der Waals surface area contributed by atoms with Gasteiger partial charge >= 0.3 is 12.1 Å². The van der Waals surface area contributed by atoms with Crippen molar-refractivity contribution < 1.29 is 22.7 Å². The number of hydrogen-bond donors (Lipinski definition) is 0. The van der Waals surface area contributed by atoms with E-state index in [4.69, 9.17) is 0 Å². The Morgan fingerprint density at radius 3 is 2.73 bits per heavy atom. The number of rotatable bonds is 2. The van der Waals surface area contributed by atoms with Gasteiger partial charge in [-0.05, 0) is 6.08 Å². The topological polar surface area (TPSA) is 39.2 Å². The summed E-state index contributed by atoms with van der Waals surface area (Å²) in [7, 11) is 1.18. The van der Waals surface area contributed by atoms with Crippen molar-refractivity contribution in [1.82, 2.24) is 4.98 Å². The maximum absolute atomic E-state index is 12.1. The van der Waals surface area contributed by atoms with Crippen LogP contribution in [-0.2, 0) is 15.7 Å². The fourth-order valence-corrected chi connectivity index (χ4v) is 1.42. The van der Waals surface area contributed by atoms with Crippen molar-refractivity contribution in [2.24, 2.45) is 0 Å². The van der Waals surface area contributed by atoms with E-state index in [1.54, 1.807) is 0 Å². The molecule has 1 aromatic heterocycles. The second kappa shape index (κ2) is 4.43. The highest BCUT2D eigenvalue weighted by molar-refractivity contribution is 7.10. The van der Waals surface area contributed by atoms with Crippen LogP contribution in [0, 0.1) is 0 Å². The van der Waals surface area contributed by atoms with E-state index in [-0.39, 0.29) is 5.01 Å². The van der Waals surface area contributed by atoms with Gasteiger partial charge in [0.15, 0.2) is 5.69 Å². The Labute approximate surface area is 87.2 Å². The van der Waals surface area contributed by atoms with E-state index in [1.165, 1.54) is 13.2 Å². The number of nitrogens with zero attached hydrogens (tertiary/aromatic N) is 1. The van der Waals surface area contributed by atoms with Gasteiger partial charge in [-0.1, -0.05) is 0 Å². The Balaban J connectivity index is 2.77. The maximum Gasteiger partial charge on any atom is 0.434 e. The highest BCUT2D eigenvalue weighted by atomic mass is 32.1. The number of ether oxygens (including phenoxy) is 1. The van der Waals surface area contributed by atoms with Gasteiger partial charge in [-0.15, -0.1) is 11.3 Å². The third-order valence-corrected chi connectivity index (χ3v) is 2.19. The van der Waals surface area contributed by atoms with Crippen LogP contribution in [0.4, 0.5) is 13.2 Å². The molecule has 1 rings (SSSR count). The minimum absolute atomic E-state index is 0.104. The predicted octanol–water partition coefficient (Wildman–Crippen LogP) is 2.35. The van der Waals surface area contributed by atoms with E-state index in [0.717, 1.165) is 22.8 Å². The summed E-state index contributed by atoms with van der Waals surface area (Å²) in [4.78, 5) is 13.9. The highest BCUT2D eigenvalue weighted by Gasteiger charge is 2.33. The number of carbonyl (C=O) groups is 1. The van der Waals surface area contributed by atoms with Gasteiger partial charge in [0.05, 0.1) is 7.11 Å². The second-order valence-electron chi connectivity index (χ2n) is 2.43. The van der Waals surface area contributed by atoms with Gasteiger partial charge in [-0.3, -0.25) is 0 Å². The normalized spacial score (nSPS) is 12.0. The standard InChI is InChI=1S/C8H6F3NO2S/c1-14-7(13)3-2-6-12-5(4-15-6)8(9,10)11/h2-4H,1H3. The Kier molecular flexibility index (Phi) is 3.46. The molecule has 0 N–H and O–H groups in total. The molecule has 15 heavy (non-hydrogen) atoms. The van der Waals surface area contributed by atoms with Crippen LogP contribution in [0.5, 0.6) is 0 Å². The average Bonchev–Trinajstić information content (AvgIpc) is 2.61. The largest absolute Gasteiger partial charge is 0.466 e. The van der Waals surface area contributed by atoms with Gasteiger partial charge in [0, 0.05) is 11.5 Å². The molecule has 1 heterocycles. The number of carbonyl (C=O) groups excluding carboxylic acids is 1. The molecular formula is C8H6F3NO2S. The summed E-state index contributed by atoms with van der Waals surface area (Å²) in [5.41, 5.74) is -0.961. The van der Waals surface area contributed by atoms with Crippen molar-refractivity contribution in [3.63, 3.8) is 0 Å². The van der Waals surface area contributed by atoms with E-state index >= 15 is 0 Å². The van der Waals surface area contributed by atoms with Crippen LogP contribution < -0.4 is 0 Å². The van der Waals surface area contributed by atoms with Gasteiger partial charge in [0.2, 0.25) is 0 Å². The zero-order chi connectivity index (χ0) is 11.5. The molecule has 0 spiro atoms. The highest BCUT2D eigenvalue weighted by Crippen LogP contribution is 2.30. The average molecular weight is 237 g/mol. The lowest BCUT2D eigenvalue weighted by molar-refractivity contribution is -0.140. The number of methoxy groups -OCH3 is 1. The Hall–Kier alpha value is -1.37.